The molecule has 0 aliphatic rings. The molecule has 1 atom stereocenters. The quantitative estimate of drug-likeness (QED) is 0.135. The van der Waals surface area contributed by atoms with E-state index in [1.807, 2.05) is 0 Å². The van der Waals surface area contributed by atoms with E-state index in [0.29, 0.717) is 0 Å². The van der Waals surface area contributed by atoms with Crippen LogP contribution in [0.25, 0.3) is 33.4 Å². The highest BCUT2D eigenvalue weighted by Gasteiger charge is 2.29. The Hall–Kier alpha value is -3.06. The SMILES string of the molecule is [B]C(CC)(CCC)c1c(C)c(C)c(-c2cc(-c3ccccc3)cc(-c3cccc(CCCCC)c3)c2)c(C)c1C. The molecule has 0 nitrogen and oxygen atoms in total. The van der Waals surface area contributed by atoms with Crippen LogP contribution in [0, 0.1) is 27.7 Å². The summed E-state index contributed by atoms with van der Waals surface area (Å²) >= 11 is 0. The van der Waals surface area contributed by atoms with Crippen LogP contribution in [0.3, 0.4) is 0 Å². The van der Waals surface area contributed by atoms with Crippen LogP contribution in [0.15, 0.2) is 72.8 Å². The van der Waals surface area contributed by atoms with Crippen LogP contribution in [0.1, 0.15) is 92.7 Å². The number of aryl methyl sites for hydroxylation is 1. The lowest BCUT2D eigenvalue weighted by Gasteiger charge is -2.35. The molecule has 0 N–H and O–H groups in total. The molecular weight excluding hydrogens is 479 g/mol. The molecule has 0 aliphatic heterocycles. The highest BCUT2D eigenvalue weighted by Crippen LogP contribution is 2.43. The van der Waals surface area contributed by atoms with Gasteiger partial charge in [0.25, 0.3) is 0 Å². The molecular formula is C39H47B. The molecule has 206 valence electrons. The smallest absolute Gasteiger partial charge is 0.0654 e. The molecule has 0 saturated carbocycles. The predicted octanol–water partition coefficient (Wildman–Crippen LogP) is 11.2. The number of benzene rings is 4. The molecule has 40 heavy (non-hydrogen) atoms. The molecule has 0 amide bonds. The van der Waals surface area contributed by atoms with Gasteiger partial charge in [0.05, 0.1) is 7.85 Å². The third-order valence-corrected chi connectivity index (χ3v) is 9.11. The van der Waals surface area contributed by atoms with Crippen molar-refractivity contribution < 1.29 is 0 Å². The Morgan fingerprint density at radius 1 is 0.575 bits per heavy atom. The van der Waals surface area contributed by atoms with Crippen molar-refractivity contribution in [1.29, 1.82) is 0 Å². The Bertz CT molecular complexity index is 1420. The van der Waals surface area contributed by atoms with Gasteiger partial charge in [0.1, 0.15) is 0 Å². The molecule has 4 aromatic carbocycles. The van der Waals surface area contributed by atoms with Crippen molar-refractivity contribution in [2.24, 2.45) is 0 Å². The second-order valence-corrected chi connectivity index (χ2v) is 11.8. The zero-order valence-corrected chi connectivity index (χ0v) is 26.0. The van der Waals surface area contributed by atoms with Gasteiger partial charge < -0.3 is 0 Å². The van der Waals surface area contributed by atoms with Gasteiger partial charge in [-0.15, -0.1) is 0 Å². The van der Waals surface area contributed by atoms with E-state index in [-0.39, 0.29) is 5.31 Å². The van der Waals surface area contributed by atoms with E-state index in [1.54, 1.807) is 0 Å². The average Bonchev–Trinajstić information content (AvgIpc) is 2.97. The molecule has 0 aliphatic carbocycles. The van der Waals surface area contributed by atoms with Gasteiger partial charge in [-0.3, -0.25) is 0 Å². The fourth-order valence-corrected chi connectivity index (χ4v) is 6.64. The van der Waals surface area contributed by atoms with Crippen molar-refractivity contribution in [2.75, 3.05) is 0 Å². The van der Waals surface area contributed by atoms with Crippen molar-refractivity contribution in [3.8, 4) is 33.4 Å². The lowest BCUT2D eigenvalue weighted by Crippen LogP contribution is -2.28. The summed E-state index contributed by atoms with van der Waals surface area (Å²) in [5.74, 6) is 0. The fraction of sp³-hybridized carbons (Fsp3) is 0.385. The maximum Gasteiger partial charge on any atom is 0.0810 e. The normalized spacial score (nSPS) is 12.9. The minimum Gasteiger partial charge on any atom is -0.0654 e. The Kier molecular flexibility index (Phi) is 9.78. The first-order chi connectivity index (χ1) is 19.2. The lowest BCUT2D eigenvalue weighted by atomic mass is 9.57. The van der Waals surface area contributed by atoms with Crippen molar-refractivity contribution in [3.63, 3.8) is 0 Å². The summed E-state index contributed by atoms with van der Waals surface area (Å²) in [6, 6.07) is 27.1. The second kappa shape index (κ2) is 13.1. The molecule has 1 heteroatoms. The molecule has 0 fully saturated rings. The Morgan fingerprint density at radius 2 is 1.18 bits per heavy atom. The van der Waals surface area contributed by atoms with Crippen LogP contribution in [0.4, 0.5) is 0 Å². The van der Waals surface area contributed by atoms with E-state index in [4.69, 9.17) is 7.85 Å². The van der Waals surface area contributed by atoms with Crippen molar-refractivity contribution >= 4 is 7.85 Å². The molecule has 0 saturated heterocycles. The molecule has 4 aromatic rings. The summed E-state index contributed by atoms with van der Waals surface area (Å²) in [6.07, 6.45) is 7.96. The molecule has 1 unspecified atom stereocenters. The van der Waals surface area contributed by atoms with Crippen LogP contribution < -0.4 is 0 Å². The summed E-state index contributed by atoms with van der Waals surface area (Å²) in [4.78, 5) is 0. The molecule has 0 bridgehead atoms. The fourth-order valence-electron chi connectivity index (χ4n) is 6.64. The van der Waals surface area contributed by atoms with E-state index < -0.39 is 0 Å². The van der Waals surface area contributed by atoms with Gasteiger partial charge in [0.15, 0.2) is 0 Å². The third kappa shape index (κ3) is 6.15. The summed E-state index contributed by atoms with van der Waals surface area (Å²) in [7, 11) is 7.12. The van der Waals surface area contributed by atoms with Crippen LogP contribution in [0.2, 0.25) is 0 Å². The van der Waals surface area contributed by atoms with Crippen molar-refractivity contribution in [2.45, 2.75) is 98.7 Å². The molecule has 2 radical (unpaired) electrons. The number of hydrogen-bond acceptors (Lipinski definition) is 0. The summed E-state index contributed by atoms with van der Waals surface area (Å²) in [5.41, 5.74) is 15.9. The minimum atomic E-state index is -0.285. The zero-order valence-electron chi connectivity index (χ0n) is 26.0. The Balaban J connectivity index is 1.93. The van der Waals surface area contributed by atoms with E-state index in [1.165, 1.54) is 86.0 Å². The highest BCUT2D eigenvalue weighted by molar-refractivity contribution is 6.16. The molecule has 0 heterocycles. The Morgan fingerprint density at radius 3 is 1.77 bits per heavy atom. The minimum absolute atomic E-state index is 0.285. The highest BCUT2D eigenvalue weighted by atomic mass is 14.3. The van der Waals surface area contributed by atoms with Gasteiger partial charge >= 0.3 is 0 Å². The first kappa shape index (κ1) is 29.9. The maximum atomic E-state index is 7.12. The molecule has 4 rings (SSSR count). The van der Waals surface area contributed by atoms with Gasteiger partial charge in [-0.2, -0.15) is 0 Å². The van der Waals surface area contributed by atoms with Gasteiger partial charge in [-0.1, -0.05) is 107 Å². The van der Waals surface area contributed by atoms with Crippen LogP contribution in [0.5, 0.6) is 0 Å². The predicted molar refractivity (Wildman–Crippen MR) is 178 cm³/mol. The number of hydrogen-bond donors (Lipinski definition) is 0. The molecule has 0 aromatic heterocycles. The van der Waals surface area contributed by atoms with Gasteiger partial charge in [0.2, 0.25) is 0 Å². The third-order valence-electron chi connectivity index (χ3n) is 9.11. The average molecular weight is 527 g/mol. The van der Waals surface area contributed by atoms with E-state index >= 15 is 0 Å². The zero-order chi connectivity index (χ0) is 28.9. The summed E-state index contributed by atoms with van der Waals surface area (Å²) < 4.78 is 0. The monoisotopic (exact) mass is 526 g/mol. The lowest BCUT2D eigenvalue weighted by molar-refractivity contribution is 0.522. The summed E-state index contributed by atoms with van der Waals surface area (Å²) in [6.45, 7) is 15.9. The summed E-state index contributed by atoms with van der Waals surface area (Å²) in [5, 5.41) is -0.285. The first-order valence-corrected chi connectivity index (χ1v) is 15.4. The number of rotatable bonds is 11. The van der Waals surface area contributed by atoms with Crippen LogP contribution in [-0.4, -0.2) is 7.85 Å². The maximum absolute atomic E-state index is 7.12. The van der Waals surface area contributed by atoms with Crippen molar-refractivity contribution in [1.82, 2.24) is 0 Å². The number of unbranched alkanes of at least 4 members (excludes halogenated alkanes) is 2. The largest absolute Gasteiger partial charge is 0.0810 e. The van der Waals surface area contributed by atoms with E-state index in [0.717, 1.165) is 25.7 Å². The molecule has 0 spiro atoms. The van der Waals surface area contributed by atoms with Gasteiger partial charge in [0, 0.05) is 0 Å². The van der Waals surface area contributed by atoms with Gasteiger partial charge in [-0.25, -0.2) is 0 Å². The second-order valence-electron chi connectivity index (χ2n) is 11.8. The van der Waals surface area contributed by atoms with E-state index in [2.05, 4.69) is 121 Å². The standard InChI is InChI=1S/C39H47B/c1-8-11-13-17-31-18-16-21-33(23-31)35-24-34(32-19-14-12-15-20-32)25-36(26-35)37-27(4)29(6)38(30(7)28(37)5)39(40,10-3)22-9-2/h12,14-16,18-21,23-26H,8-11,13,17,22H2,1-7H3. The van der Waals surface area contributed by atoms with E-state index in [9.17, 15) is 0 Å². The Labute approximate surface area is 245 Å². The van der Waals surface area contributed by atoms with Crippen molar-refractivity contribution in [3.05, 3.63) is 106 Å². The van der Waals surface area contributed by atoms with Gasteiger partial charge in [-0.05, 0) is 131 Å². The first-order valence-electron chi connectivity index (χ1n) is 15.4. The van der Waals surface area contributed by atoms with Crippen LogP contribution >= 0.6 is 0 Å². The topological polar surface area (TPSA) is 0 Å². The van der Waals surface area contributed by atoms with Crippen LogP contribution in [-0.2, 0) is 11.7 Å².